The van der Waals surface area contributed by atoms with Crippen molar-refractivity contribution in [1.29, 1.82) is 0 Å². The highest BCUT2D eigenvalue weighted by Gasteiger charge is 2.26. The Morgan fingerprint density at radius 2 is 1.70 bits per heavy atom. The van der Waals surface area contributed by atoms with Crippen LogP contribution in [0, 0.1) is 5.92 Å². The lowest BCUT2D eigenvalue weighted by molar-refractivity contribution is 0.171. The zero-order chi connectivity index (χ0) is 20.9. The van der Waals surface area contributed by atoms with Crippen molar-refractivity contribution in [3.63, 3.8) is 0 Å². The maximum atomic E-state index is 11.6. The number of halogens is 2. The first-order valence-corrected chi connectivity index (χ1v) is 12.5. The van der Waals surface area contributed by atoms with E-state index < -0.39 is 10.0 Å². The first-order valence-electron chi connectivity index (χ1n) is 10.2. The summed E-state index contributed by atoms with van der Waals surface area (Å²) in [6.45, 7) is 6.90. The minimum atomic E-state index is -3.06. The summed E-state index contributed by atoms with van der Waals surface area (Å²) in [4.78, 5) is 9.22. The number of guanidine groups is 1. The molecule has 0 saturated carbocycles. The Kier molecular flexibility index (Phi) is 10.1. The second-order valence-electron chi connectivity index (χ2n) is 7.92. The van der Waals surface area contributed by atoms with Gasteiger partial charge in [-0.3, -0.25) is 9.89 Å². The van der Waals surface area contributed by atoms with Crippen molar-refractivity contribution in [3.8, 4) is 0 Å². The predicted molar refractivity (Wildman–Crippen MR) is 134 cm³/mol. The minimum Gasteiger partial charge on any atom is -0.356 e. The van der Waals surface area contributed by atoms with E-state index in [2.05, 4.69) is 32.2 Å². The molecule has 3 rings (SSSR count). The van der Waals surface area contributed by atoms with E-state index in [1.165, 1.54) is 11.8 Å². The molecule has 0 aliphatic carbocycles. The lowest BCUT2D eigenvalue weighted by Gasteiger charge is -2.37. The van der Waals surface area contributed by atoms with E-state index >= 15 is 0 Å². The van der Waals surface area contributed by atoms with Crippen LogP contribution in [-0.4, -0.2) is 87.6 Å². The smallest absolute Gasteiger partial charge is 0.211 e. The monoisotopic (exact) mass is 569 g/mol. The van der Waals surface area contributed by atoms with Gasteiger partial charge in [0.1, 0.15) is 0 Å². The summed E-state index contributed by atoms with van der Waals surface area (Å²) in [5.74, 6) is 1.43. The summed E-state index contributed by atoms with van der Waals surface area (Å²) < 4.78 is 24.9. The second kappa shape index (κ2) is 11.8. The molecule has 2 aliphatic heterocycles. The average molecular weight is 570 g/mol. The molecule has 2 aliphatic rings. The molecule has 1 aromatic carbocycles. The van der Waals surface area contributed by atoms with Gasteiger partial charge in [0.15, 0.2) is 5.96 Å². The van der Waals surface area contributed by atoms with Crippen LogP contribution in [0.25, 0.3) is 0 Å². The molecule has 0 bridgehead atoms. The summed E-state index contributed by atoms with van der Waals surface area (Å²) in [5.41, 5.74) is 1.28. The normalized spacial score (nSPS) is 20.1. The van der Waals surface area contributed by atoms with E-state index in [4.69, 9.17) is 11.6 Å². The molecule has 7 nitrogen and oxygen atoms in total. The van der Waals surface area contributed by atoms with Crippen molar-refractivity contribution < 1.29 is 8.42 Å². The zero-order valence-corrected chi connectivity index (χ0v) is 21.7. The van der Waals surface area contributed by atoms with E-state index in [0.717, 1.165) is 63.1 Å². The van der Waals surface area contributed by atoms with Crippen molar-refractivity contribution in [2.75, 3.05) is 59.1 Å². The van der Waals surface area contributed by atoms with Gasteiger partial charge in [0.25, 0.3) is 0 Å². The van der Waals surface area contributed by atoms with Gasteiger partial charge in [0, 0.05) is 64.4 Å². The van der Waals surface area contributed by atoms with E-state index in [-0.39, 0.29) is 24.0 Å². The third-order valence-corrected chi connectivity index (χ3v) is 7.35. The number of rotatable bonds is 5. The molecule has 2 heterocycles. The maximum absolute atomic E-state index is 11.6. The number of sulfonamides is 1. The minimum absolute atomic E-state index is 0. The van der Waals surface area contributed by atoms with E-state index in [9.17, 15) is 8.42 Å². The van der Waals surface area contributed by atoms with Crippen molar-refractivity contribution in [2.24, 2.45) is 10.9 Å². The lowest BCUT2D eigenvalue weighted by Crippen LogP contribution is -2.53. The van der Waals surface area contributed by atoms with Crippen molar-refractivity contribution in [1.82, 2.24) is 19.4 Å². The van der Waals surface area contributed by atoms with Crippen LogP contribution in [0.3, 0.4) is 0 Å². The molecule has 0 atom stereocenters. The summed E-state index contributed by atoms with van der Waals surface area (Å²) >= 11 is 5.97. The van der Waals surface area contributed by atoms with Gasteiger partial charge in [-0.15, -0.1) is 24.0 Å². The molecule has 0 spiro atoms. The van der Waals surface area contributed by atoms with Gasteiger partial charge < -0.3 is 10.2 Å². The van der Waals surface area contributed by atoms with Crippen LogP contribution in [0.5, 0.6) is 0 Å². The first-order chi connectivity index (χ1) is 13.8. The SMILES string of the molecule is CN=C(NCC1CCN(S(C)(=O)=O)CC1)N1CCN(Cc2ccc(Cl)cc2)CC1.I. The van der Waals surface area contributed by atoms with E-state index in [0.29, 0.717) is 19.0 Å². The van der Waals surface area contributed by atoms with Crippen molar-refractivity contribution >= 4 is 51.6 Å². The molecule has 0 aromatic heterocycles. The van der Waals surface area contributed by atoms with Gasteiger partial charge in [-0.2, -0.15) is 0 Å². The summed E-state index contributed by atoms with van der Waals surface area (Å²) in [6, 6.07) is 8.06. The Bertz CT molecular complexity index is 790. The zero-order valence-electron chi connectivity index (χ0n) is 17.8. The molecule has 170 valence electrons. The van der Waals surface area contributed by atoms with Crippen molar-refractivity contribution in [3.05, 3.63) is 34.9 Å². The van der Waals surface area contributed by atoms with Crippen LogP contribution in [0.15, 0.2) is 29.3 Å². The summed E-state index contributed by atoms with van der Waals surface area (Å²) in [6.07, 6.45) is 3.08. The Balaban J connectivity index is 0.00000320. The van der Waals surface area contributed by atoms with Gasteiger partial charge >= 0.3 is 0 Å². The van der Waals surface area contributed by atoms with Gasteiger partial charge in [-0.25, -0.2) is 12.7 Å². The average Bonchev–Trinajstić information content (AvgIpc) is 2.71. The summed E-state index contributed by atoms with van der Waals surface area (Å²) in [7, 11) is -1.23. The van der Waals surface area contributed by atoms with Gasteiger partial charge in [0.2, 0.25) is 10.0 Å². The maximum Gasteiger partial charge on any atom is 0.211 e. The number of piperazine rings is 1. The standard InChI is InChI=1S/C20H32ClN5O2S.HI/c1-22-20(23-15-17-7-9-26(10-8-17)29(2,27)28)25-13-11-24(12-14-25)16-18-3-5-19(21)6-4-18;/h3-6,17H,7-16H2,1-2H3,(H,22,23);1H. The molecule has 30 heavy (non-hydrogen) atoms. The molecular formula is C20H33ClIN5O2S. The van der Waals surface area contributed by atoms with Gasteiger partial charge in [-0.05, 0) is 36.5 Å². The lowest BCUT2D eigenvalue weighted by atomic mass is 9.98. The predicted octanol–water partition coefficient (Wildman–Crippen LogP) is 2.32. The molecule has 2 fully saturated rings. The number of piperidine rings is 1. The van der Waals surface area contributed by atoms with E-state index in [1.54, 1.807) is 4.31 Å². The fraction of sp³-hybridized carbons (Fsp3) is 0.650. The highest BCUT2D eigenvalue weighted by Crippen LogP contribution is 2.18. The molecule has 0 radical (unpaired) electrons. The summed E-state index contributed by atoms with van der Waals surface area (Å²) in [5, 5.41) is 4.28. The second-order valence-corrected chi connectivity index (χ2v) is 10.3. The quantitative estimate of drug-likeness (QED) is 0.335. The molecular weight excluding hydrogens is 537 g/mol. The van der Waals surface area contributed by atoms with Crippen LogP contribution < -0.4 is 5.32 Å². The van der Waals surface area contributed by atoms with E-state index in [1.807, 2.05) is 19.2 Å². The highest BCUT2D eigenvalue weighted by atomic mass is 127. The van der Waals surface area contributed by atoms with Gasteiger partial charge in [-0.1, -0.05) is 23.7 Å². The largest absolute Gasteiger partial charge is 0.356 e. The molecule has 10 heteroatoms. The molecule has 0 amide bonds. The molecule has 1 aromatic rings. The Morgan fingerprint density at radius 3 is 2.23 bits per heavy atom. The van der Waals surface area contributed by atoms with Crippen LogP contribution in [0.2, 0.25) is 5.02 Å². The number of nitrogens with zero attached hydrogens (tertiary/aromatic N) is 4. The number of nitrogens with one attached hydrogen (secondary N) is 1. The number of benzene rings is 1. The number of hydrogen-bond donors (Lipinski definition) is 1. The van der Waals surface area contributed by atoms with Crippen LogP contribution >= 0.6 is 35.6 Å². The Labute approximate surface area is 202 Å². The molecule has 1 N–H and O–H groups in total. The third-order valence-electron chi connectivity index (χ3n) is 5.79. The van der Waals surface area contributed by atoms with Crippen molar-refractivity contribution in [2.45, 2.75) is 19.4 Å². The first kappa shape index (κ1) is 25.6. The molecule has 2 saturated heterocycles. The Morgan fingerprint density at radius 1 is 1.10 bits per heavy atom. The van der Waals surface area contributed by atoms with Crippen LogP contribution in [0.1, 0.15) is 18.4 Å². The number of hydrogen-bond acceptors (Lipinski definition) is 4. The fourth-order valence-electron chi connectivity index (χ4n) is 3.98. The third kappa shape index (κ3) is 7.51. The Hall–Kier alpha value is -0.620. The highest BCUT2D eigenvalue weighted by molar-refractivity contribution is 14.0. The fourth-order valence-corrected chi connectivity index (χ4v) is 4.98. The van der Waals surface area contributed by atoms with Gasteiger partial charge in [0.05, 0.1) is 6.26 Å². The topological polar surface area (TPSA) is 68.2 Å². The number of aliphatic imine (C=N–C) groups is 1. The van der Waals surface area contributed by atoms with Crippen LogP contribution in [-0.2, 0) is 16.6 Å². The van der Waals surface area contributed by atoms with Crippen LogP contribution in [0.4, 0.5) is 0 Å². The molecule has 0 unspecified atom stereocenters.